The molecule has 4 nitrogen and oxygen atoms in total. The number of nitrogens with zero attached hydrogens (tertiary/aromatic N) is 1. The molecule has 1 saturated heterocycles. The number of piperidine rings is 1. The molecule has 0 aliphatic carbocycles. The van der Waals surface area contributed by atoms with Gasteiger partial charge >= 0.3 is 0 Å². The van der Waals surface area contributed by atoms with Crippen LogP contribution in [0.3, 0.4) is 0 Å². The van der Waals surface area contributed by atoms with E-state index in [-0.39, 0.29) is 18.6 Å². The summed E-state index contributed by atoms with van der Waals surface area (Å²) in [6.07, 6.45) is 3.16. The van der Waals surface area contributed by atoms with Crippen molar-refractivity contribution in [3.05, 3.63) is 34.9 Å². The predicted molar refractivity (Wildman–Crippen MR) is 84.2 cm³/mol. The van der Waals surface area contributed by atoms with Crippen LogP contribution in [0, 0.1) is 0 Å². The first kappa shape index (κ1) is 16.3. The minimum Gasteiger partial charge on any atom is -0.395 e. The Morgan fingerprint density at radius 3 is 3.00 bits per heavy atom. The van der Waals surface area contributed by atoms with E-state index >= 15 is 0 Å². The molecule has 1 amide bonds. The Hall–Kier alpha value is -1.10. The molecule has 21 heavy (non-hydrogen) atoms. The largest absolute Gasteiger partial charge is 0.395 e. The van der Waals surface area contributed by atoms with Crippen molar-refractivity contribution in [1.82, 2.24) is 10.2 Å². The SMILES string of the molecule is CC1CCCC(CO)N1CC(=O)NCc1cccc(Cl)c1. The van der Waals surface area contributed by atoms with E-state index in [2.05, 4.69) is 17.1 Å². The van der Waals surface area contributed by atoms with Gasteiger partial charge in [-0.05, 0) is 37.5 Å². The Balaban J connectivity index is 1.85. The van der Waals surface area contributed by atoms with E-state index in [4.69, 9.17) is 11.6 Å². The molecule has 1 aliphatic rings. The number of hydrogen-bond acceptors (Lipinski definition) is 3. The van der Waals surface area contributed by atoms with E-state index in [1.165, 1.54) is 0 Å². The van der Waals surface area contributed by atoms with E-state index < -0.39 is 0 Å². The van der Waals surface area contributed by atoms with Crippen LogP contribution in [-0.2, 0) is 11.3 Å². The lowest BCUT2D eigenvalue weighted by Crippen LogP contribution is -2.51. The summed E-state index contributed by atoms with van der Waals surface area (Å²) in [5.74, 6) is -0.0119. The van der Waals surface area contributed by atoms with Gasteiger partial charge < -0.3 is 10.4 Å². The third kappa shape index (κ3) is 4.70. The summed E-state index contributed by atoms with van der Waals surface area (Å²) in [6, 6.07) is 7.92. The quantitative estimate of drug-likeness (QED) is 0.876. The van der Waals surface area contributed by atoms with Gasteiger partial charge in [0.2, 0.25) is 5.91 Å². The third-order valence-corrected chi connectivity index (χ3v) is 4.35. The Labute approximate surface area is 131 Å². The lowest BCUT2D eigenvalue weighted by Gasteiger charge is -2.39. The topological polar surface area (TPSA) is 52.6 Å². The lowest BCUT2D eigenvalue weighted by atomic mass is 9.97. The van der Waals surface area contributed by atoms with Crippen LogP contribution in [0.5, 0.6) is 0 Å². The molecule has 2 N–H and O–H groups in total. The number of benzene rings is 1. The number of nitrogens with one attached hydrogen (secondary N) is 1. The second-order valence-corrected chi connectivity index (χ2v) is 6.13. The summed E-state index contributed by atoms with van der Waals surface area (Å²) in [7, 11) is 0. The Bertz CT molecular complexity index is 481. The number of aliphatic hydroxyl groups excluding tert-OH is 1. The highest BCUT2D eigenvalue weighted by Gasteiger charge is 2.28. The average molecular weight is 311 g/mol. The number of hydrogen-bond donors (Lipinski definition) is 2. The first-order valence-corrected chi connectivity index (χ1v) is 7.85. The van der Waals surface area contributed by atoms with Crippen molar-refractivity contribution in [3.8, 4) is 0 Å². The van der Waals surface area contributed by atoms with Crippen molar-refractivity contribution in [2.75, 3.05) is 13.2 Å². The first-order chi connectivity index (χ1) is 10.1. The highest BCUT2D eigenvalue weighted by atomic mass is 35.5. The van der Waals surface area contributed by atoms with Crippen molar-refractivity contribution < 1.29 is 9.90 Å². The minimum atomic E-state index is -0.0119. The molecule has 5 heteroatoms. The Morgan fingerprint density at radius 1 is 1.48 bits per heavy atom. The van der Waals surface area contributed by atoms with Gasteiger partial charge in [-0.15, -0.1) is 0 Å². The molecule has 1 heterocycles. The van der Waals surface area contributed by atoms with Crippen molar-refractivity contribution in [2.45, 2.75) is 44.8 Å². The van der Waals surface area contributed by atoms with Crippen LogP contribution in [0.4, 0.5) is 0 Å². The van der Waals surface area contributed by atoms with Crippen LogP contribution >= 0.6 is 11.6 Å². The number of aliphatic hydroxyl groups is 1. The summed E-state index contributed by atoms with van der Waals surface area (Å²) in [4.78, 5) is 14.2. The van der Waals surface area contributed by atoms with E-state index in [1.54, 1.807) is 0 Å². The molecule has 2 unspecified atom stereocenters. The number of halogens is 1. The normalized spacial score (nSPS) is 23.0. The third-order valence-electron chi connectivity index (χ3n) is 4.11. The highest BCUT2D eigenvalue weighted by molar-refractivity contribution is 6.30. The van der Waals surface area contributed by atoms with Gasteiger partial charge in [-0.25, -0.2) is 0 Å². The van der Waals surface area contributed by atoms with Gasteiger partial charge in [0.1, 0.15) is 0 Å². The van der Waals surface area contributed by atoms with Crippen molar-refractivity contribution in [3.63, 3.8) is 0 Å². The zero-order valence-corrected chi connectivity index (χ0v) is 13.1. The maximum absolute atomic E-state index is 12.1. The number of likely N-dealkylation sites (tertiary alicyclic amines) is 1. The van der Waals surface area contributed by atoms with Gasteiger partial charge in [0.15, 0.2) is 0 Å². The standard InChI is InChI=1S/C16H23ClN2O2/c1-12-4-2-7-15(11-20)19(12)10-16(21)18-9-13-5-3-6-14(17)8-13/h3,5-6,8,12,15,20H,2,4,7,9-11H2,1H3,(H,18,21). The van der Waals surface area contributed by atoms with Gasteiger partial charge in [0.25, 0.3) is 0 Å². The molecule has 2 atom stereocenters. The van der Waals surface area contributed by atoms with Gasteiger partial charge in [0.05, 0.1) is 13.2 Å². The second-order valence-electron chi connectivity index (χ2n) is 5.70. The highest BCUT2D eigenvalue weighted by Crippen LogP contribution is 2.22. The van der Waals surface area contributed by atoms with Crippen molar-refractivity contribution in [1.29, 1.82) is 0 Å². The lowest BCUT2D eigenvalue weighted by molar-refractivity contribution is -0.124. The fraction of sp³-hybridized carbons (Fsp3) is 0.562. The molecule has 0 aromatic heterocycles. The fourth-order valence-electron chi connectivity index (χ4n) is 2.89. The fourth-order valence-corrected chi connectivity index (χ4v) is 3.10. The molecule has 1 aliphatic heterocycles. The molecule has 1 aromatic rings. The summed E-state index contributed by atoms with van der Waals surface area (Å²) < 4.78 is 0. The van der Waals surface area contributed by atoms with Gasteiger partial charge in [-0.2, -0.15) is 0 Å². The Morgan fingerprint density at radius 2 is 2.29 bits per heavy atom. The van der Waals surface area contributed by atoms with Crippen LogP contribution in [0.1, 0.15) is 31.7 Å². The van der Waals surface area contributed by atoms with Crippen LogP contribution in [-0.4, -0.2) is 41.1 Å². The predicted octanol–water partition coefficient (Wildman–Crippen LogP) is 2.19. The Kier molecular flexibility index (Phi) is 6.03. The first-order valence-electron chi connectivity index (χ1n) is 7.48. The molecule has 0 bridgehead atoms. The van der Waals surface area contributed by atoms with E-state index in [0.717, 1.165) is 24.8 Å². The summed E-state index contributed by atoms with van der Waals surface area (Å²) in [6.45, 7) is 3.05. The van der Waals surface area contributed by atoms with Crippen molar-refractivity contribution >= 4 is 17.5 Å². The van der Waals surface area contributed by atoms with Crippen LogP contribution in [0.2, 0.25) is 5.02 Å². The van der Waals surface area contributed by atoms with Gasteiger partial charge in [0, 0.05) is 23.7 Å². The molecule has 1 fully saturated rings. The molecule has 1 aromatic carbocycles. The van der Waals surface area contributed by atoms with E-state index in [1.807, 2.05) is 24.3 Å². The zero-order chi connectivity index (χ0) is 15.2. The summed E-state index contributed by atoms with van der Waals surface area (Å²) in [5.41, 5.74) is 0.987. The minimum absolute atomic E-state index is 0.0119. The summed E-state index contributed by atoms with van der Waals surface area (Å²) >= 11 is 5.92. The monoisotopic (exact) mass is 310 g/mol. The number of carbonyl (C=O) groups excluding carboxylic acids is 1. The molecule has 0 radical (unpaired) electrons. The molecule has 116 valence electrons. The van der Waals surface area contributed by atoms with Gasteiger partial charge in [-0.3, -0.25) is 9.69 Å². The molecule has 0 spiro atoms. The molecule has 0 saturated carbocycles. The van der Waals surface area contributed by atoms with Crippen LogP contribution < -0.4 is 5.32 Å². The van der Waals surface area contributed by atoms with Crippen LogP contribution in [0.15, 0.2) is 24.3 Å². The maximum atomic E-state index is 12.1. The maximum Gasteiger partial charge on any atom is 0.234 e. The summed E-state index contributed by atoms with van der Waals surface area (Å²) in [5, 5.41) is 13.0. The molecule has 2 rings (SSSR count). The number of amides is 1. The molecular formula is C16H23ClN2O2. The molecular weight excluding hydrogens is 288 g/mol. The van der Waals surface area contributed by atoms with E-state index in [9.17, 15) is 9.90 Å². The zero-order valence-electron chi connectivity index (χ0n) is 12.4. The smallest absolute Gasteiger partial charge is 0.234 e. The average Bonchev–Trinajstić information content (AvgIpc) is 2.47. The second kappa shape index (κ2) is 7.78. The van der Waals surface area contributed by atoms with Gasteiger partial charge in [-0.1, -0.05) is 30.2 Å². The van der Waals surface area contributed by atoms with E-state index in [0.29, 0.717) is 24.2 Å². The van der Waals surface area contributed by atoms with Crippen molar-refractivity contribution in [2.24, 2.45) is 0 Å². The van der Waals surface area contributed by atoms with Crippen LogP contribution in [0.25, 0.3) is 0 Å². The number of rotatable bonds is 5. The number of carbonyl (C=O) groups is 1.